The molecule has 0 radical (unpaired) electrons. The van der Waals surface area contributed by atoms with Gasteiger partial charge in [-0.3, -0.25) is 9.59 Å². The molecule has 142 valence electrons. The maximum absolute atomic E-state index is 13.1. The Balaban J connectivity index is 1.71. The maximum Gasteiger partial charge on any atom is 0.274 e. The van der Waals surface area contributed by atoms with Crippen LogP contribution in [0.1, 0.15) is 43.5 Å². The van der Waals surface area contributed by atoms with Crippen molar-refractivity contribution >= 4 is 16.8 Å². The Bertz CT molecular complexity index is 828. The van der Waals surface area contributed by atoms with Crippen LogP contribution in [0, 0.1) is 5.92 Å². The van der Waals surface area contributed by atoms with Crippen molar-refractivity contribution < 1.29 is 4.79 Å². The lowest BCUT2D eigenvalue weighted by atomic mass is 10.0. The summed E-state index contributed by atoms with van der Waals surface area (Å²) in [5.41, 5.74) is 0.978. The van der Waals surface area contributed by atoms with Crippen LogP contribution in [0.15, 0.2) is 23.3 Å². The standard InChI is InChI=1S/C20H30N4O2/c1-14(2)6-10-24-11-7-15(8-12-24)23(4)19(25)17-13-22(3)20(26)18-16(17)5-9-21-18/h5,9,13-15,21H,6-8,10-12H2,1-4H3. The predicted octanol–water partition coefficient (Wildman–Crippen LogP) is 2.45. The highest BCUT2D eigenvalue weighted by Gasteiger charge is 2.27. The number of rotatable bonds is 5. The van der Waals surface area contributed by atoms with E-state index >= 15 is 0 Å². The lowest BCUT2D eigenvalue weighted by molar-refractivity contribution is 0.0640. The van der Waals surface area contributed by atoms with Crippen LogP contribution in [-0.4, -0.2) is 58.0 Å². The quantitative estimate of drug-likeness (QED) is 0.893. The molecule has 2 aromatic rings. The molecule has 2 aromatic heterocycles. The van der Waals surface area contributed by atoms with Crippen molar-refractivity contribution in [3.63, 3.8) is 0 Å². The molecule has 3 rings (SSSR count). The minimum Gasteiger partial charge on any atom is -0.357 e. The fourth-order valence-corrected chi connectivity index (χ4v) is 3.77. The molecular formula is C20H30N4O2. The number of H-pyrrole nitrogens is 1. The highest BCUT2D eigenvalue weighted by Crippen LogP contribution is 2.21. The summed E-state index contributed by atoms with van der Waals surface area (Å²) in [6.45, 7) is 7.75. The van der Waals surface area contributed by atoms with Gasteiger partial charge in [-0.05, 0) is 37.8 Å². The van der Waals surface area contributed by atoms with Gasteiger partial charge in [0.25, 0.3) is 11.5 Å². The fourth-order valence-electron chi connectivity index (χ4n) is 3.77. The highest BCUT2D eigenvalue weighted by molar-refractivity contribution is 6.05. The van der Waals surface area contributed by atoms with Crippen LogP contribution in [0.5, 0.6) is 0 Å². The number of aryl methyl sites for hydroxylation is 1. The molecule has 6 nitrogen and oxygen atoms in total. The first-order chi connectivity index (χ1) is 12.4. The van der Waals surface area contributed by atoms with Crippen molar-refractivity contribution in [3.8, 4) is 0 Å². The predicted molar refractivity (Wildman–Crippen MR) is 105 cm³/mol. The molecule has 0 unspecified atom stereocenters. The van der Waals surface area contributed by atoms with Crippen LogP contribution in [0.25, 0.3) is 10.9 Å². The number of pyridine rings is 1. The minimum absolute atomic E-state index is 0.00849. The van der Waals surface area contributed by atoms with Crippen LogP contribution >= 0.6 is 0 Å². The van der Waals surface area contributed by atoms with Crippen molar-refractivity contribution in [1.82, 2.24) is 19.4 Å². The first kappa shape index (κ1) is 18.7. The fraction of sp³-hybridized carbons (Fsp3) is 0.600. The van der Waals surface area contributed by atoms with Crippen LogP contribution in [0.4, 0.5) is 0 Å². The molecule has 1 N–H and O–H groups in total. The number of piperidine rings is 1. The zero-order valence-electron chi connectivity index (χ0n) is 16.3. The number of carbonyl (C=O) groups excluding carboxylic acids is 1. The number of amides is 1. The number of hydrogen-bond donors (Lipinski definition) is 1. The second kappa shape index (κ2) is 7.66. The summed E-state index contributed by atoms with van der Waals surface area (Å²) in [6.07, 6.45) is 6.61. The van der Waals surface area contributed by atoms with E-state index in [1.54, 1.807) is 19.4 Å². The zero-order valence-corrected chi connectivity index (χ0v) is 16.3. The van der Waals surface area contributed by atoms with Gasteiger partial charge in [-0.25, -0.2) is 0 Å². The zero-order chi connectivity index (χ0) is 18.8. The summed E-state index contributed by atoms with van der Waals surface area (Å²) in [6, 6.07) is 2.07. The van der Waals surface area contributed by atoms with Crippen molar-refractivity contribution in [2.24, 2.45) is 13.0 Å². The summed E-state index contributed by atoms with van der Waals surface area (Å²) in [7, 11) is 3.58. The largest absolute Gasteiger partial charge is 0.357 e. The topological polar surface area (TPSA) is 61.3 Å². The summed E-state index contributed by atoms with van der Waals surface area (Å²) in [5, 5.41) is 0.708. The number of hydrogen-bond acceptors (Lipinski definition) is 3. The van der Waals surface area contributed by atoms with Gasteiger partial charge in [-0.2, -0.15) is 0 Å². The molecule has 1 aliphatic rings. The molecular weight excluding hydrogens is 328 g/mol. The monoisotopic (exact) mass is 358 g/mol. The lowest BCUT2D eigenvalue weighted by Gasteiger charge is -2.37. The molecule has 0 aromatic carbocycles. The van der Waals surface area contributed by atoms with E-state index < -0.39 is 0 Å². The summed E-state index contributed by atoms with van der Waals surface area (Å²) in [5.74, 6) is 0.719. The van der Waals surface area contributed by atoms with Gasteiger partial charge in [0.2, 0.25) is 0 Å². The van der Waals surface area contributed by atoms with E-state index in [1.165, 1.54) is 11.0 Å². The average molecular weight is 358 g/mol. The molecule has 0 atom stereocenters. The summed E-state index contributed by atoms with van der Waals surface area (Å²) < 4.78 is 1.48. The number of fused-ring (bicyclic) bond motifs is 1. The van der Waals surface area contributed by atoms with Crippen molar-refractivity contribution in [2.75, 3.05) is 26.7 Å². The summed E-state index contributed by atoms with van der Waals surface area (Å²) in [4.78, 5) is 32.6. The second-order valence-corrected chi connectivity index (χ2v) is 7.90. The first-order valence-electron chi connectivity index (χ1n) is 9.54. The molecule has 26 heavy (non-hydrogen) atoms. The van der Waals surface area contributed by atoms with E-state index in [0.717, 1.165) is 38.4 Å². The van der Waals surface area contributed by atoms with Gasteiger partial charge in [0.15, 0.2) is 0 Å². The molecule has 1 amide bonds. The van der Waals surface area contributed by atoms with E-state index in [0.29, 0.717) is 16.5 Å². The van der Waals surface area contributed by atoms with Crippen LogP contribution in [-0.2, 0) is 7.05 Å². The molecule has 0 aliphatic carbocycles. The van der Waals surface area contributed by atoms with Crippen molar-refractivity contribution in [1.29, 1.82) is 0 Å². The molecule has 6 heteroatoms. The van der Waals surface area contributed by atoms with Crippen molar-refractivity contribution in [2.45, 2.75) is 39.2 Å². The molecule has 1 aliphatic heterocycles. The second-order valence-electron chi connectivity index (χ2n) is 7.90. The van der Waals surface area contributed by atoms with Crippen molar-refractivity contribution in [3.05, 3.63) is 34.4 Å². The Labute approximate surface area is 154 Å². The smallest absolute Gasteiger partial charge is 0.274 e. The Morgan fingerprint density at radius 2 is 2.04 bits per heavy atom. The Kier molecular flexibility index (Phi) is 5.51. The summed E-state index contributed by atoms with van der Waals surface area (Å²) >= 11 is 0. The SMILES string of the molecule is CC(C)CCN1CCC(N(C)C(=O)c2cn(C)c(=O)c3[nH]ccc23)CC1. The van der Waals surface area contributed by atoms with Crippen LogP contribution in [0.2, 0.25) is 0 Å². The van der Waals surface area contributed by atoms with Gasteiger partial charge in [-0.1, -0.05) is 13.8 Å². The minimum atomic E-state index is -0.109. The normalized spacial score (nSPS) is 16.5. The molecule has 1 fully saturated rings. The highest BCUT2D eigenvalue weighted by atomic mass is 16.2. The van der Waals surface area contributed by atoms with Crippen LogP contribution < -0.4 is 5.56 Å². The Morgan fingerprint density at radius 1 is 1.35 bits per heavy atom. The van der Waals surface area contributed by atoms with Gasteiger partial charge in [0.1, 0.15) is 5.52 Å². The number of carbonyl (C=O) groups is 1. The third kappa shape index (κ3) is 3.70. The lowest BCUT2D eigenvalue weighted by Crippen LogP contribution is -2.46. The van der Waals surface area contributed by atoms with E-state index in [1.807, 2.05) is 18.0 Å². The van der Waals surface area contributed by atoms with Gasteiger partial charge >= 0.3 is 0 Å². The number of aromatic amines is 1. The maximum atomic E-state index is 13.1. The third-order valence-corrected chi connectivity index (χ3v) is 5.57. The molecule has 1 saturated heterocycles. The van der Waals surface area contributed by atoms with E-state index in [4.69, 9.17) is 0 Å². The Hall–Kier alpha value is -2.08. The van der Waals surface area contributed by atoms with Crippen LogP contribution in [0.3, 0.4) is 0 Å². The first-order valence-corrected chi connectivity index (χ1v) is 9.54. The number of nitrogens with one attached hydrogen (secondary N) is 1. The number of likely N-dealkylation sites (tertiary alicyclic amines) is 1. The van der Waals surface area contributed by atoms with Gasteiger partial charge in [0, 0.05) is 51.0 Å². The van der Waals surface area contributed by atoms with Gasteiger partial charge < -0.3 is 19.4 Å². The third-order valence-electron chi connectivity index (χ3n) is 5.57. The van der Waals surface area contributed by atoms with E-state index in [9.17, 15) is 9.59 Å². The molecule has 0 bridgehead atoms. The van der Waals surface area contributed by atoms with E-state index in [2.05, 4.69) is 23.7 Å². The molecule has 3 heterocycles. The Morgan fingerprint density at radius 3 is 2.69 bits per heavy atom. The average Bonchev–Trinajstić information content (AvgIpc) is 3.12. The van der Waals surface area contributed by atoms with Gasteiger partial charge in [-0.15, -0.1) is 0 Å². The van der Waals surface area contributed by atoms with E-state index in [-0.39, 0.29) is 17.5 Å². The number of nitrogens with zero attached hydrogens (tertiary/aromatic N) is 3. The number of aromatic nitrogens is 2. The van der Waals surface area contributed by atoms with Gasteiger partial charge in [0.05, 0.1) is 5.56 Å². The molecule has 0 saturated carbocycles. The molecule has 0 spiro atoms.